The minimum Gasteiger partial charge on any atom is -0.407 e. The molecule has 16 heavy (non-hydrogen) atoms. The second-order valence-electron chi connectivity index (χ2n) is 4.40. The van der Waals surface area contributed by atoms with Crippen molar-refractivity contribution in [1.29, 1.82) is 0 Å². The lowest BCUT2D eigenvalue weighted by Crippen LogP contribution is -2.24. The predicted molar refractivity (Wildman–Crippen MR) is 62.6 cm³/mol. The first-order valence-corrected chi connectivity index (χ1v) is 5.72. The van der Waals surface area contributed by atoms with Gasteiger partial charge in [0.25, 0.3) is 0 Å². The topological polar surface area (TPSA) is 60.2 Å². The van der Waals surface area contributed by atoms with Crippen LogP contribution in [0.1, 0.15) is 26.2 Å². The molecular formula is C10H18ClN3O2. The van der Waals surface area contributed by atoms with Crippen LogP contribution in [0.4, 0.5) is 6.01 Å². The number of hydrogen-bond acceptors (Lipinski definition) is 5. The summed E-state index contributed by atoms with van der Waals surface area (Å²) in [6.07, 6.45) is 0.965. The molecule has 0 fully saturated rings. The summed E-state index contributed by atoms with van der Waals surface area (Å²) >= 11 is 5.56. The number of nitrogens with zero attached hydrogens (tertiary/aromatic N) is 2. The van der Waals surface area contributed by atoms with Crippen molar-refractivity contribution in [2.45, 2.75) is 26.1 Å². The highest BCUT2D eigenvalue weighted by Crippen LogP contribution is 2.21. The molecule has 0 aromatic carbocycles. The molecular weight excluding hydrogens is 230 g/mol. The lowest BCUT2D eigenvalue weighted by molar-refractivity contribution is 0.156. The highest BCUT2D eigenvalue weighted by atomic mass is 35.5. The van der Waals surface area contributed by atoms with Crippen LogP contribution in [-0.4, -0.2) is 30.5 Å². The first-order chi connectivity index (χ1) is 7.57. The van der Waals surface area contributed by atoms with E-state index in [-0.39, 0.29) is 11.3 Å². The van der Waals surface area contributed by atoms with Crippen LogP contribution in [0.3, 0.4) is 0 Å². The third-order valence-electron chi connectivity index (χ3n) is 2.28. The molecule has 0 bridgehead atoms. The molecule has 0 aliphatic rings. The van der Waals surface area contributed by atoms with Crippen molar-refractivity contribution in [3.63, 3.8) is 0 Å². The number of anilines is 1. The van der Waals surface area contributed by atoms with E-state index in [9.17, 15) is 0 Å². The molecule has 0 saturated heterocycles. The van der Waals surface area contributed by atoms with Crippen LogP contribution in [0.5, 0.6) is 0 Å². The number of aromatic nitrogens is 2. The number of halogens is 1. The van der Waals surface area contributed by atoms with E-state index in [1.807, 2.05) is 0 Å². The smallest absolute Gasteiger partial charge is 0.315 e. The lowest BCUT2D eigenvalue weighted by atomic mass is 9.90. The van der Waals surface area contributed by atoms with Gasteiger partial charge < -0.3 is 14.5 Å². The van der Waals surface area contributed by atoms with Crippen molar-refractivity contribution in [3.05, 3.63) is 5.89 Å². The Kier molecular flexibility index (Phi) is 5.02. The largest absolute Gasteiger partial charge is 0.407 e. The fourth-order valence-corrected chi connectivity index (χ4v) is 1.27. The van der Waals surface area contributed by atoms with Crippen molar-refractivity contribution < 1.29 is 9.15 Å². The van der Waals surface area contributed by atoms with Crippen molar-refractivity contribution in [1.82, 2.24) is 10.2 Å². The summed E-state index contributed by atoms with van der Waals surface area (Å²) in [7, 11) is 1.70. The summed E-state index contributed by atoms with van der Waals surface area (Å²) in [4.78, 5) is 0. The van der Waals surface area contributed by atoms with E-state index in [1.54, 1.807) is 7.11 Å². The molecule has 0 saturated carbocycles. The van der Waals surface area contributed by atoms with E-state index >= 15 is 0 Å². The second-order valence-corrected chi connectivity index (χ2v) is 4.66. The minimum absolute atomic E-state index is 0.117. The summed E-state index contributed by atoms with van der Waals surface area (Å²) in [6.45, 7) is 5.79. The molecule has 0 atom stereocenters. The van der Waals surface area contributed by atoms with Crippen LogP contribution < -0.4 is 5.32 Å². The molecule has 1 heterocycles. The minimum atomic E-state index is 0.117. The van der Waals surface area contributed by atoms with Gasteiger partial charge in [-0.05, 0) is 11.8 Å². The van der Waals surface area contributed by atoms with Gasteiger partial charge in [0.15, 0.2) is 0 Å². The second kappa shape index (κ2) is 6.06. The molecule has 1 rings (SSSR count). The highest BCUT2D eigenvalue weighted by Gasteiger charge is 2.18. The average molecular weight is 248 g/mol. The molecule has 92 valence electrons. The summed E-state index contributed by atoms with van der Waals surface area (Å²) in [6, 6.07) is 0.418. The van der Waals surface area contributed by atoms with Crippen LogP contribution in [0.2, 0.25) is 0 Å². The van der Waals surface area contributed by atoms with Crippen molar-refractivity contribution in [2.24, 2.45) is 5.41 Å². The molecule has 0 unspecified atom stereocenters. The van der Waals surface area contributed by atoms with Crippen molar-refractivity contribution in [2.75, 3.05) is 25.6 Å². The normalized spacial score (nSPS) is 11.8. The Labute approximate surface area is 101 Å². The third-order valence-corrected chi connectivity index (χ3v) is 2.51. The predicted octanol–water partition coefficient (Wildman–Crippen LogP) is 2.28. The summed E-state index contributed by atoms with van der Waals surface area (Å²) in [5.74, 6) is 0.667. The molecule has 1 aromatic heterocycles. The standard InChI is InChI=1S/C10H18ClN3O2/c1-10(2,4-5-15-3)7-12-9-14-13-8(6-11)16-9/h4-7H2,1-3H3,(H,12,14). The van der Waals surface area contributed by atoms with Gasteiger partial charge in [-0.1, -0.05) is 18.9 Å². The monoisotopic (exact) mass is 247 g/mol. The zero-order chi connectivity index (χ0) is 12.0. The van der Waals surface area contributed by atoms with Crippen LogP contribution in [0.15, 0.2) is 4.42 Å². The van der Waals surface area contributed by atoms with Crippen LogP contribution >= 0.6 is 11.6 Å². The Morgan fingerprint density at radius 2 is 2.19 bits per heavy atom. The zero-order valence-corrected chi connectivity index (χ0v) is 10.7. The van der Waals surface area contributed by atoms with Gasteiger partial charge in [0, 0.05) is 20.3 Å². The van der Waals surface area contributed by atoms with Gasteiger partial charge in [-0.2, -0.15) is 0 Å². The maximum atomic E-state index is 5.56. The molecule has 0 radical (unpaired) electrons. The Hall–Kier alpha value is -0.810. The molecule has 1 N–H and O–H groups in total. The van der Waals surface area contributed by atoms with E-state index < -0.39 is 0 Å². The number of alkyl halides is 1. The van der Waals surface area contributed by atoms with E-state index in [0.717, 1.165) is 19.6 Å². The molecule has 1 aromatic rings. The summed E-state index contributed by atoms with van der Waals surface area (Å²) in [5, 5.41) is 10.7. The Balaban J connectivity index is 2.37. The number of ether oxygens (including phenoxy) is 1. The maximum absolute atomic E-state index is 5.56. The summed E-state index contributed by atoms with van der Waals surface area (Å²) < 4.78 is 10.3. The van der Waals surface area contributed by atoms with E-state index in [0.29, 0.717) is 11.9 Å². The molecule has 0 spiro atoms. The molecule has 5 nitrogen and oxygen atoms in total. The fourth-order valence-electron chi connectivity index (χ4n) is 1.16. The Morgan fingerprint density at radius 1 is 1.44 bits per heavy atom. The zero-order valence-electron chi connectivity index (χ0n) is 9.92. The van der Waals surface area contributed by atoms with Crippen LogP contribution in [-0.2, 0) is 10.6 Å². The Bertz CT molecular complexity index is 315. The molecule has 0 amide bonds. The van der Waals surface area contributed by atoms with Crippen LogP contribution in [0.25, 0.3) is 0 Å². The van der Waals surface area contributed by atoms with E-state index in [2.05, 4.69) is 29.4 Å². The quantitative estimate of drug-likeness (QED) is 0.749. The van der Waals surface area contributed by atoms with Gasteiger partial charge >= 0.3 is 6.01 Å². The van der Waals surface area contributed by atoms with E-state index in [4.69, 9.17) is 20.8 Å². The van der Waals surface area contributed by atoms with E-state index in [1.165, 1.54) is 0 Å². The van der Waals surface area contributed by atoms with Crippen molar-refractivity contribution >= 4 is 17.6 Å². The summed E-state index contributed by atoms with van der Waals surface area (Å²) in [5.41, 5.74) is 0.117. The lowest BCUT2D eigenvalue weighted by Gasteiger charge is -2.23. The molecule has 0 aliphatic heterocycles. The number of rotatable bonds is 7. The van der Waals surface area contributed by atoms with Crippen molar-refractivity contribution in [3.8, 4) is 0 Å². The van der Waals surface area contributed by atoms with Crippen LogP contribution in [0, 0.1) is 5.41 Å². The fraction of sp³-hybridized carbons (Fsp3) is 0.800. The SMILES string of the molecule is COCCC(C)(C)CNc1nnc(CCl)o1. The molecule has 6 heteroatoms. The number of methoxy groups -OCH3 is 1. The van der Waals surface area contributed by atoms with Gasteiger partial charge in [-0.25, -0.2) is 0 Å². The Morgan fingerprint density at radius 3 is 2.75 bits per heavy atom. The highest BCUT2D eigenvalue weighted by molar-refractivity contribution is 6.16. The van der Waals surface area contributed by atoms with Gasteiger partial charge in [0.2, 0.25) is 5.89 Å². The molecule has 0 aliphatic carbocycles. The maximum Gasteiger partial charge on any atom is 0.315 e. The van der Waals surface area contributed by atoms with Gasteiger partial charge in [-0.3, -0.25) is 0 Å². The van der Waals surface area contributed by atoms with Gasteiger partial charge in [0.05, 0.1) is 0 Å². The number of hydrogen-bond donors (Lipinski definition) is 1. The first-order valence-electron chi connectivity index (χ1n) is 5.18. The third kappa shape index (κ3) is 4.37. The average Bonchev–Trinajstić information content (AvgIpc) is 2.72. The van der Waals surface area contributed by atoms with Gasteiger partial charge in [-0.15, -0.1) is 16.7 Å². The first kappa shape index (κ1) is 13.3. The van der Waals surface area contributed by atoms with Gasteiger partial charge in [0.1, 0.15) is 5.88 Å². The number of nitrogens with one attached hydrogen (secondary N) is 1.